The predicted molar refractivity (Wildman–Crippen MR) is 160 cm³/mol. The number of nitrogens with zero attached hydrogens (tertiary/aromatic N) is 2. The van der Waals surface area contributed by atoms with E-state index in [9.17, 15) is 4.79 Å². The summed E-state index contributed by atoms with van der Waals surface area (Å²) in [6.07, 6.45) is 2.96. The Morgan fingerprint density at radius 1 is 1.05 bits per heavy atom. The number of nitrogens with one attached hydrogen (secondary N) is 2. The molecule has 1 atom stereocenters. The van der Waals surface area contributed by atoms with Gasteiger partial charge in [0.1, 0.15) is 12.4 Å². The predicted octanol–water partition coefficient (Wildman–Crippen LogP) is 7.17. The van der Waals surface area contributed by atoms with E-state index in [1.54, 1.807) is 4.68 Å². The van der Waals surface area contributed by atoms with Crippen molar-refractivity contribution < 1.29 is 14.3 Å². The lowest BCUT2D eigenvalue weighted by Crippen LogP contribution is -2.22. The van der Waals surface area contributed by atoms with Crippen LogP contribution in [-0.4, -0.2) is 35.3 Å². The molecule has 0 bridgehead atoms. The lowest BCUT2D eigenvalue weighted by atomic mass is 9.92. The van der Waals surface area contributed by atoms with E-state index < -0.39 is 0 Å². The first kappa shape index (κ1) is 27.4. The molecule has 5 rings (SSSR count). The van der Waals surface area contributed by atoms with E-state index >= 15 is 0 Å². The number of carbonyl (C=O) groups excluding carboxylic acids is 1. The molecule has 0 spiro atoms. The highest BCUT2D eigenvalue weighted by atomic mass is 16.7. The summed E-state index contributed by atoms with van der Waals surface area (Å²) in [6.45, 7) is 9.41. The molecule has 206 valence electrons. The standard InChI is InChI=1S/C33H36N4O3/c1-23-14-17-25(18-15-23)37-30(22-29(36-37)33(2,3)4)35-32(38)34-28-19-16-24(26-11-5-6-12-27(26)28)10-9-21-40-31-13-7-8-20-39-31/h5-6,11-12,14-19,22,31H,7-8,13,20-21H2,1-4H3,(H2,34,35,38). The Kier molecular flexibility index (Phi) is 8.20. The quantitative estimate of drug-likeness (QED) is 0.265. The van der Waals surface area contributed by atoms with Crippen LogP contribution in [0.25, 0.3) is 16.5 Å². The number of fused-ring (bicyclic) bond motifs is 1. The van der Waals surface area contributed by atoms with Gasteiger partial charge in [0.25, 0.3) is 0 Å². The minimum Gasteiger partial charge on any atom is -0.353 e. The van der Waals surface area contributed by atoms with E-state index in [0.29, 0.717) is 18.1 Å². The van der Waals surface area contributed by atoms with E-state index in [-0.39, 0.29) is 17.7 Å². The van der Waals surface area contributed by atoms with Gasteiger partial charge in [-0.05, 0) is 55.8 Å². The Morgan fingerprint density at radius 3 is 2.55 bits per heavy atom. The highest BCUT2D eigenvalue weighted by Crippen LogP contribution is 2.29. The molecule has 4 aromatic rings. The van der Waals surface area contributed by atoms with E-state index in [4.69, 9.17) is 14.6 Å². The molecule has 1 fully saturated rings. The molecule has 1 aromatic heterocycles. The summed E-state index contributed by atoms with van der Waals surface area (Å²) in [5.74, 6) is 6.93. The molecule has 1 saturated heterocycles. The third kappa shape index (κ3) is 6.53. The molecule has 1 aliphatic rings. The van der Waals surface area contributed by atoms with Crippen molar-refractivity contribution in [2.75, 3.05) is 23.8 Å². The van der Waals surface area contributed by atoms with Crippen LogP contribution in [0.3, 0.4) is 0 Å². The molecule has 1 unspecified atom stereocenters. The second kappa shape index (κ2) is 12.0. The Balaban J connectivity index is 1.34. The number of carbonyl (C=O) groups is 1. The number of hydrogen-bond acceptors (Lipinski definition) is 4. The van der Waals surface area contributed by atoms with Crippen LogP contribution in [0.15, 0.2) is 66.7 Å². The van der Waals surface area contributed by atoms with Gasteiger partial charge in [0.05, 0.1) is 17.1 Å². The van der Waals surface area contributed by atoms with Gasteiger partial charge in [-0.2, -0.15) is 5.10 Å². The number of amides is 2. The van der Waals surface area contributed by atoms with Crippen LogP contribution in [-0.2, 0) is 14.9 Å². The third-order valence-electron chi connectivity index (χ3n) is 6.87. The second-order valence-corrected chi connectivity index (χ2v) is 11.1. The van der Waals surface area contributed by atoms with E-state index in [2.05, 4.69) is 43.2 Å². The van der Waals surface area contributed by atoms with Crippen molar-refractivity contribution in [2.24, 2.45) is 0 Å². The van der Waals surface area contributed by atoms with Gasteiger partial charge in [-0.25, -0.2) is 9.48 Å². The van der Waals surface area contributed by atoms with Gasteiger partial charge in [0.15, 0.2) is 6.29 Å². The second-order valence-electron chi connectivity index (χ2n) is 11.1. The number of ether oxygens (including phenoxy) is 2. The monoisotopic (exact) mass is 536 g/mol. The molecule has 0 radical (unpaired) electrons. The van der Waals surface area contributed by atoms with E-state index in [1.165, 1.54) is 0 Å². The fraction of sp³-hybridized carbons (Fsp3) is 0.333. The molecule has 2 heterocycles. The molecule has 7 nitrogen and oxygen atoms in total. The van der Waals surface area contributed by atoms with Crippen LogP contribution >= 0.6 is 0 Å². The lowest BCUT2D eigenvalue weighted by Gasteiger charge is -2.21. The maximum atomic E-state index is 13.2. The summed E-state index contributed by atoms with van der Waals surface area (Å²) in [4.78, 5) is 13.2. The molecular formula is C33H36N4O3. The Labute approximate surface area is 235 Å². The Morgan fingerprint density at radius 2 is 1.82 bits per heavy atom. The fourth-order valence-electron chi connectivity index (χ4n) is 4.61. The summed E-state index contributed by atoms with van der Waals surface area (Å²) < 4.78 is 13.1. The van der Waals surface area contributed by atoms with Crippen molar-refractivity contribution in [3.63, 3.8) is 0 Å². The van der Waals surface area contributed by atoms with Crippen LogP contribution in [0.4, 0.5) is 16.3 Å². The average Bonchev–Trinajstić information content (AvgIpc) is 3.37. The third-order valence-corrected chi connectivity index (χ3v) is 6.87. The number of aromatic nitrogens is 2. The molecular weight excluding hydrogens is 500 g/mol. The van der Waals surface area contributed by atoms with Gasteiger partial charge in [-0.15, -0.1) is 0 Å². The SMILES string of the molecule is Cc1ccc(-n2nc(C(C)(C)C)cc2NC(=O)Nc2ccc(C#CCOC3CCCCO3)c3ccccc23)cc1. The van der Waals surface area contributed by atoms with Crippen molar-refractivity contribution in [3.05, 3.63) is 83.6 Å². The fourth-order valence-corrected chi connectivity index (χ4v) is 4.61. The van der Waals surface area contributed by atoms with Gasteiger partial charge in [-0.3, -0.25) is 5.32 Å². The molecule has 0 saturated carbocycles. The van der Waals surface area contributed by atoms with Gasteiger partial charge >= 0.3 is 6.03 Å². The lowest BCUT2D eigenvalue weighted by molar-refractivity contribution is -0.154. The first-order valence-corrected chi connectivity index (χ1v) is 13.8. The maximum Gasteiger partial charge on any atom is 0.324 e. The molecule has 1 aliphatic heterocycles. The van der Waals surface area contributed by atoms with Crippen molar-refractivity contribution in [1.82, 2.24) is 9.78 Å². The Bertz CT molecular complexity index is 1550. The summed E-state index contributed by atoms with van der Waals surface area (Å²) in [5.41, 5.74) is 4.32. The normalized spacial score (nSPS) is 15.3. The van der Waals surface area contributed by atoms with Crippen LogP contribution in [0, 0.1) is 18.8 Å². The zero-order chi connectivity index (χ0) is 28.1. The minimum absolute atomic E-state index is 0.160. The molecule has 2 N–H and O–H groups in total. The average molecular weight is 537 g/mol. The summed E-state index contributed by atoms with van der Waals surface area (Å²) in [6, 6.07) is 21.4. The summed E-state index contributed by atoms with van der Waals surface area (Å²) >= 11 is 0. The molecule has 2 amide bonds. The minimum atomic E-state index is -0.349. The number of benzene rings is 3. The molecule has 0 aliphatic carbocycles. The largest absolute Gasteiger partial charge is 0.353 e. The number of aryl methyl sites for hydroxylation is 1. The van der Waals surface area contributed by atoms with Crippen LogP contribution in [0.2, 0.25) is 0 Å². The smallest absolute Gasteiger partial charge is 0.324 e. The highest BCUT2D eigenvalue weighted by molar-refractivity contribution is 6.07. The van der Waals surface area contributed by atoms with Crippen molar-refractivity contribution in [2.45, 2.75) is 58.7 Å². The number of anilines is 2. The van der Waals surface area contributed by atoms with E-state index in [0.717, 1.165) is 59.2 Å². The summed E-state index contributed by atoms with van der Waals surface area (Å²) in [7, 11) is 0. The van der Waals surface area contributed by atoms with Crippen LogP contribution in [0.5, 0.6) is 0 Å². The first-order chi connectivity index (χ1) is 19.3. The first-order valence-electron chi connectivity index (χ1n) is 13.8. The summed E-state index contributed by atoms with van der Waals surface area (Å²) in [5, 5.41) is 12.7. The number of hydrogen-bond donors (Lipinski definition) is 2. The van der Waals surface area contributed by atoms with Gasteiger partial charge in [0, 0.05) is 29.0 Å². The number of rotatable bonds is 5. The topological polar surface area (TPSA) is 77.4 Å². The van der Waals surface area contributed by atoms with Gasteiger partial charge in [0.2, 0.25) is 0 Å². The zero-order valence-corrected chi connectivity index (χ0v) is 23.6. The highest BCUT2D eigenvalue weighted by Gasteiger charge is 2.22. The van der Waals surface area contributed by atoms with Gasteiger partial charge in [-0.1, -0.05) is 74.6 Å². The molecule has 3 aromatic carbocycles. The van der Waals surface area contributed by atoms with Crippen LogP contribution in [0.1, 0.15) is 56.9 Å². The maximum absolute atomic E-state index is 13.2. The van der Waals surface area contributed by atoms with Crippen LogP contribution < -0.4 is 10.6 Å². The molecule has 7 heteroatoms. The zero-order valence-electron chi connectivity index (χ0n) is 23.6. The Hall–Kier alpha value is -4.12. The van der Waals surface area contributed by atoms with Gasteiger partial charge < -0.3 is 14.8 Å². The van der Waals surface area contributed by atoms with Crippen molar-refractivity contribution in [1.29, 1.82) is 0 Å². The number of urea groups is 1. The van der Waals surface area contributed by atoms with E-state index in [1.807, 2.05) is 73.7 Å². The van der Waals surface area contributed by atoms with Crippen molar-refractivity contribution in [3.8, 4) is 17.5 Å². The van der Waals surface area contributed by atoms with Crippen molar-refractivity contribution >= 4 is 28.3 Å². The molecule has 40 heavy (non-hydrogen) atoms.